The molecule has 0 saturated carbocycles. The molecule has 0 spiro atoms. The van der Waals surface area contributed by atoms with Gasteiger partial charge in [-0.3, -0.25) is 9.78 Å². The highest BCUT2D eigenvalue weighted by molar-refractivity contribution is 5.05. The van der Waals surface area contributed by atoms with Gasteiger partial charge in [-0.25, -0.2) is 9.36 Å². The molecule has 0 aliphatic heterocycles. The van der Waals surface area contributed by atoms with E-state index < -0.39 is 11.2 Å². The highest BCUT2D eigenvalue weighted by Gasteiger charge is 1.95. The number of rotatable bonds is 0. The molecule has 1 rings (SSSR count). The van der Waals surface area contributed by atoms with Crippen molar-refractivity contribution >= 4 is 0 Å². The molecule has 0 radical (unpaired) electrons. The largest absolute Gasteiger partial charge is 0.340 e. The zero-order valence-corrected chi connectivity index (χ0v) is 5.92. The summed E-state index contributed by atoms with van der Waals surface area (Å²) >= 11 is 0. The van der Waals surface area contributed by atoms with Crippen LogP contribution in [0.2, 0.25) is 0 Å². The van der Waals surface area contributed by atoms with E-state index in [0.717, 1.165) is 4.57 Å². The average Bonchev–Trinajstić information content (AvgIpc) is 1.97. The highest BCUT2D eigenvalue weighted by Crippen LogP contribution is 1.79. The molecule has 1 aromatic rings. The molecular weight excluding hydrogens is 144 g/mol. The third-order valence-corrected chi connectivity index (χ3v) is 1.26. The van der Waals surface area contributed by atoms with Crippen molar-refractivity contribution in [2.75, 3.05) is 0 Å². The summed E-state index contributed by atoms with van der Waals surface area (Å²) in [4.78, 5) is 23.6. The molecule has 4 nitrogen and oxygen atoms in total. The van der Waals surface area contributed by atoms with Crippen LogP contribution < -0.4 is 11.2 Å². The van der Waals surface area contributed by atoms with Crippen LogP contribution in [0.25, 0.3) is 0 Å². The maximum Gasteiger partial charge on any atom is 0.340 e. The average molecular weight is 150 g/mol. The molecule has 0 aliphatic carbocycles. The number of nitrogens with zero attached hydrogens (tertiary/aromatic N) is 1. The first kappa shape index (κ1) is 7.35. The fourth-order valence-corrected chi connectivity index (χ4v) is 0.663. The van der Waals surface area contributed by atoms with Gasteiger partial charge in [0.2, 0.25) is 0 Å². The van der Waals surface area contributed by atoms with Gasteiger partial charge in [-0.1, -0.05) is 6.42 Å². The minimum Gasteiger partial charge on any atom is -0.273 e. The maximum absolute atomic E-state index is 10.8. The predicted octanol–water partition coefficient (Wildman–Crippen LogP) is -0.716. The van der Waals surface area contributed by atoms with Crippen LogP contribution in [0, 0.1) is 19.4 Å². The predicted molar refractivity (Wildman–Crippen MR) is 40.3 cm³/mol. The lowest BCUT2D eigenvalue weighted by Gasteiger charge is -1.93. The van der Waals surface area contributed by atoms with E-state index in [9.17, 15) is 9.59 Å². The number of nitrogens with one attached hydrogen (secondary N) is 1. The number of aromatic nitrogens is 2. The SMILES string of the molecule is C#Cn1cc(C)c(=O)[nH]c1=O. The van der Waals surface area contributed by atoms with Crippen molar-refractivity contribution in [1.29, 1.82) is 0 Å². The van der Waals surface area contributed by atoms with E-state index in [2.05, 4.69) is 11.0 Å². The lowest BCUT2D eigenvalue weighted by Crippen LogP contribution is -2.28. The fourth-order valence-electron chi connectivity index (χ4n) is 0.663. The highest BCUT2D eigenvalue weighted by atomic mass is 16.2. The molecule has 4 heteroatoms. The van der Waals surface area contributed by atoms with Crippen LogP contribution in [0.1, 0.15) is 5.56 Å². The van der Waals surface area contributed by atoms with Crippen LogP contribution in [-0.4, -0.2) is 9.55 Å². The molecule has 1 heterocycles. The van der Waals surface area contributed by atoms with Crippen molar-refractivity contribution in [2.24, 2.45) is 0 Å². The maximum atomic E-state index is 10.8. The van der Waals surface area contributed by atoms with Gasteiger partial charge in [0.05, 0.1) is 0 Å². The number of terminal acetylenes is 1. The van der Waals surface area contributed by atoms with Gasteiger partial charge in [-0.05, 0) is 6.92 Å². The molecule has 0 aliphatic rings. The van der Waals surface area contributed by atoms with Crippen molar-refractivity contribution in [2.45, 2.75) is 6.92 Å². The molecule has 1 N–H and O–H groups in total. The second-order valence-electron chi connectivity index (χ2n) is 2.07. The lowest BCUT2D eigenvalue weighted by molar-refractivity contribution is 0.906. The first-order chi connectivity index (χ1) is 5.15. The first-order valence-corrected chi connectivity index (χ1v) is 2.94. The van der Waals surface area contributed by atoms with Crippen molar-refractivity contribution < 1.29 is 0 Å². The molecule has 56 valence electrons. The van der Waals surface area contributed by atoms with Gasteiger partial charge in [0.25, 0.3) is 5.56 Å². The van der Waals surface area contributed by atoms with Gasteiger partial charge in [0.1, 0.15) is 0 Å². The van der Waals surface area contributed by atoms with Crippen LogP contribution in [0.5, 0.6) is 0 Å². The number of hydrogen-bond donors (Lipinski definition) is 1. The van der Waals surface area contributed by atoms with Crippen molar-refractivity contribution in [3.05, 3.63) is 32.6 Å². The Bertz CT molecular complexity index is 419. The molecule has 0 amide bonds. The van der Waals surface area contributed by atoms with Gasteiger partial charge in [-0.15, -0.1) is 0 Å². The lowest BCUT2D eigenvalue weighted by atomic mass is 10.4. The minimum absolute atomic E-state index is 0.401. The number of hydrogen-bond acceptors (Lipinski definition) is 2. The van der Waals surface area contributed by atoms with Gasteiger partial charge < -0.3 is 0 Å². The number of aryl methyl sites for hydroxylation is 1. The van der Waals surface area contributed by atoms with Crippen molar-refractivity contribution in [3.8, 4) is 12.5 Å². The van der Waals surface area contributed by atoms with Gasteiger partial charge in [0.15, 0.2) is 0 Å². The molecule has 0 bridgehead atoms. The van der Waals surface area contributed by atoms with E-state index in [4.69, 9.17) is 6.42 Å². The Labute approximate surface area is 62.5 Å². The van der Waals surface area contributed by atoms with E-state index >= 15 is 0 Å². The summed E-state index contributed by atoms with van der Waals surface area (Å²) in [7, 11) is 0. The molecule has 11 heavy (non-hydrogen) atoms. The van der Waals surface area contributed by atoms with Gasteiger partial charge >= 0.3 is 5.69 Å². The molecule has 0 fully saturated rings. The van der Waals surface area contributed by atoms with E-state index in [1.807, 2.05) is 0 Å². The summed E-state index contributed by atoms with van der Waals surface area (Å²) in [6.45, 7) is 1.58. The van der Waals surface area contributed by atoms with Crippen molar-refractivity contribution in [3.63, 3.8) is 0 Å². The zero-order valence-electron chi connectivity index (χ0n) is 5.92. The third-order valence-electron chi connectivity index (χ3n) is 1.26. The standard InChI is InChI=1S/C7H6N2O2/c1-3-9-4-5(2)6(10)8-7(9)11/h1,4H,2H3,(H,8,10,11). The smallest absolute Gasteiger partial charge is 0.273 e. The molecule has 0 atom stereocenters. The summed E-state index contributed by atoms with van der Waals surface area (Å²) in [5.41, 5.74) is -0.563. The van der Waals surface area contributed by atoms with Crippen LogP contribution in [0.3, 0.4) is 0 Å². The quantitative estimate of drug-likeness (QED) is 0.496. The zero-order chi connectivity index (χ0) is 8.43. The minimum atomic E-state index is -0.580. The number of H-pyrrole nitrogens is 1. The fraction of sp³-hybridized carbons (Fsp3) is 0.143. The summed E-state index contributed by atoms with van der Waals surface area (Å²) in [6.07, 6.45) is 6.28. The Kier molecular flexibility index (Phi) is 1.65. The Hall–Kier alpha value is -1.76. The topological polar surface area (TPSA) is 54.9 Å². The van der Waals surface area contributed by atoms with Crippen molar-refractivity contribution in [1.82, 2.24) is 9.55 Å². The van der Waals surface area contributed by atoms with Crippen LogP contribution in [0.15, 0.2) is 15.8 Å². The number of aromatic amines is 1. The Morgan fingerprint density at radius 1 is 1.64 bits per heavy atom. The van der Waals surface area contributed by atoms with E-state index in [0.29, 0.717) is 5.56 Å². The normalized spacial score (nSPS) is 9.09. The van der Waals surface area contributed by atoms with E-state index in [1.165, 1.54) is 6.20 Å². The Morgan fingerprint density at radius 2 is 2.27 bits per heavy atom. The van der Waals surface area contributed by atoms with Crippen LogP contribution >= 0.6 is 0 Å². The molecule has 0 unspecified atom stereocenters. The van der Waals surface area contributed by atoms with E-state index in [1.54, 1.807) is 6.92 Å². The molecule has 0 saturated heterocycles. The molecular formula is C7H6N2O2. The second kappa shape index (κ2) is 2.46. The second-order valence-corrected chi connectivity index (χ2v) is 2.07. The first-order valence-electron chi connectivity index (χ1n) is 2.94. The molecule has 1 aromatic heterocycles. The van der Waals surface area contributed by atoms with E-state index in [-0.39, 0.29) is 0 Å². The Balaban J connectivity index is 3.61. The summed E-state index contributed by atoms with van der Waals surface area (Å²) in [6, 6.07) is 2.10. The van der Waals surface area contributed by atoms with Crippen LogP contribution in [0.4, 0.5) is 0 Å². The summed E-state index contributed by atoms with van der Waals surface area (Å²) < 4.78 is 0.983. The Morgan fingerprint density at radius 3 is 2.82 bits per heavy atom. The monoisotopic (exact) mass is 150 g/mol. The van der Waals surface area contributed by atoms with Gasteiger partial charge in [-0.2, -0.15) is 0 Å². The van der Waals surface area contributed by atoms with Crippen LogP contribution in [-0.2, 0) is 0 Å². The summed E-state index contributed by atoms with van der Waals surface area (Å²) in [5, 5.41) is 0. The summed E-state index contributed by atoms with van der Waals surface area (Å²) in [5.74, 6) is 0. The molecule has 0 aromatic carbocycles. The third kappa shape index (κ3) is 1.22. The van der Waals surface area contributed by atoms with Gasteiger partial charge in [0, 0.05) is 17.8 Å².